The molecule has 0 fully saturated rings. The Kier molecular flexibility index (Phi) is 8.69. The van der Waals surface area contributed by atoms with Crippen molar-refractivity contribution in [3.63, 3.8) is 0 Å². The van der Waals surface area contributed by atoms with Crippen LogP contribution in [0.1, 0.15) is 17.4 Å². The van der Waals surface area contributed by atoms with Crippen LogP contribution in [0.4, 0.5) is 0 Å². The maximum absolute atomic E-state index is 6.34. The Morgan fingerprint density at radius 1 is 1.04 bits per heavy atom. The van der Waals surface area contributed by atoms with E-state index < -0.39 is 0 Å². The summed E-state index contributed by atoms with van der Waals surface area (Å²) in [5.41, 5.74) is 0. The molecule has 0 spiro atoms. The largest absolute Gasteiger partial charge is 3.00 e. The fourth-order valence-corrected chi connectivity index (χ4v) is 3.25. The maximum Gasteiger partial charge on any atom is 3.00 e. The predicted octanol–water partition coefficient (Wildman–Crippen LogP) is 1.25. The molecule has 0 aliphatic rings. The molecule has 0 aliphatic heterocycles. The van der Waals surface area contributed by atoms with E-state index in [4.69, 9.17) is 4.74 Å². The van der Waals surface area contributed by atoms with Crippen molar-refractivity contribution in [2.45, 2.75) is 12.5 Å². The zero-order valence-electron chi connectivity index (χ0n) is 13.0. The molecule has 2 nitrogen and oxygen atoms in total. The van der Waals surface area contributed by atoms with E-state index in [1.165, 1.54) is 15.6 Å². The van der Waals surface area contributed by atoms with Gasteiger partial charge in [0.2, 0.25) is 0 Å². The molecule has 0 saturated carbocycles. The Labute approximate surface area is 158 Å². The van der Waals surface area contributed by atoms with E-state index in [1.807, 2.05) is 7.05 Å². The van der Waals surface area contributed by atoms with Gasteiger partial charge in [-0.05, 0) is 36.5 Å². The summed E-state index contributed by atoms with van der Waals surface area (Å²) >= 11 is 1.75. The second-order valence-electron chi connectivity index (χ2n) is 4.99. The maximum atomic E-state index is 6.34. The average molecular weight is 360 g/mol. The van der Waals surface area contributed by atoms with Gasteiger partial charge in [0.1, 0.15) is 11.9 Å². The Morgan fingerprint density at radius 2 is 1.83 bits per heavy atom. The fourth-order valence-electron chi connectivity index (χ4n) is 2.46. The van der Waals surface area contributed by atoms with E-state index in [-0.39, 0.29) is 35.9 Å². The molecule has 0 radical (unpaired) electrons. The number of thiophene rings is 1. The molecule has 1 N–H and O–H groups in total. The third kappa shape index (κ3) is 4.98. The minimum atomic E-state index is 0. The van der Waals surface area contributed by atoms with E-state index >= 15 is 0 Å². The number of halogens is 1. The first-order valence-electron chi connectivity index (χ1n) is 7.21. The zero-order valence-corrected chi connectivity index (χ0v) is 15.8. The predicted molar refractivity (Wildman–Crippen MR) is 95.9 cm³/mol. The van der Waals surface area contributed by atoms with E-state index in [0.717, 1.165) is 18.7 Å². The first-order valence-corrected chi connectivity index (χ1v) is 8.09. The van der Waals surface area contributed by atoms with Crippen molar-refractivity contribution in [1.82, 2.24) is 5.32 Å². The molecular formula is C18H19AlClNOS+2. The van der Waals surface area contributed by atoms with Gasteiger partial charge in [-0.15, -0.1) is 11.3 Å². The fraction of sp³-hybridized carbons (Fsp3) is 0.222. The van der Waals surface area contributed by atoms with Gasteiger partial charge in [0.25, 0.3) is 0 Å². The first-order chi connectivity index (χ1) is 10.4. The van der Waals surface area contributed by atoms with E-state index in [0.29, 0.717) is 0 Å². The van der Waals surface area contributed by atoms with Crippen molar-refractivity contribution in [1.29, 1.82) is 0 Å². The Morgan fingerprint density at radius 3 is 2.57 bits per heavy atom. The summed E-state index contributed by atoms with van der Waals surface area (Å²) in [6, 6.07) is 18.8. The van der Waals surface area contributed by atoms with Crippen molar-refractivity contribution in [2.24, 2.45) is 0 Å². The second-order valence-corrected chi connectivity index (χ2v) is 5.97. The zero-order chi connectivity index (χ0) is 14.5. The van der Waals surface area contributed by atoms with Crippen LogP contribution >= 0.6 is 11.3 Å². The molecule has 0 amide bonds. The first kappa shape index (κ1) is 20.0. The minimum Gasteiger partial charge on any atom is -1.00 e. The minimum absolute atomic E-state index is 0. The van der Waals surface area contributed by atoms with Crippen LogP contribution in [0.3, 0.4) is 0 Å². The van der Waals surface area contributed by atoms with Crippen LogP contribution < -0.4 is 22.5 Å². The van der Waals surface area contributed by atoms with Gasteiger partial charge < -0.3 is 22.5 Å². The Balaban J connectivity index is 0.00000132. The summed E-state index contributed by atoms with van der Waals surface area (Å²) in [7, 11) is 1.98. The van der Waals surface area contributed by atoms with Crippen molar-refractivity contribution in [3.8, 4) is 5.75 Å². The van der Waals surface area contributed by atoms with Crippen LogP contribution in [-0.4, -0.2) is 31.0 Å². The molecule has 1 heterocycles. The van der Waals surface area contributed by atoms with Crippen LogP contribution in [-0.2, 0) is 0 Å². The molecule has 5 heteroatoms. The molecule has 0 unspecified atom stereocenters. The summed E-state index contributed by atoms with van der Waals surface area (Å²) in [4.78, 5) is 1.28. The number of rotatable bonds is 6. The number of nitrogens with one attached hydrogen (secondary N) is 1. The van der Waals surface area contributed by atoms with Gasteiger partial charge in [-0.1, -0.05) is 42.5 Å². The second kappa shape index (κ2) is 9.97. The van der Waals surface area contributed by atoms with Gasteiger partial charge in [0.15, 0.2) is 0 Å². The normalized spacial score (nSPS) is 11.3. The van der Waals surface area contributed by atoms with Crippen LogP contribution in [0.2, 0.25) is 0 Å². The summed E-state index contributed by atoms with van der Waals surface area (Å²) < 4.78 is 6.34. The number of fused-ring (bicyclic) bond motifs is 1. The molecule has 3 aromatic rings. The molecular weight excluding hydrogens is 341 g/mol. The average Bonchev–Trinajstić information content (AvgIpc) is 3.06. The molecule has 0 aliphatic carbocycles. The SMILES string of the molecule is CNCC[C@H](Oc1cccc2ccccc12)c1cccs1.[Al+3].[Cl-]. The monoisotopic (exact) mass is 359 g/mol. The van der Waals surface area contributed by atoms with Crippen LogP contribution in [0, 0.1) is 0 Å². The molecule has 3 rings (SSSR count). The van der Waals surface area contributed by atoms with E-state index in [9.17, 15) is 0 Å². The van der Waals surface area contributed by atoms with Crippen molar-refractivity contribution in [2.75, 3.05) is 13.6 Å². The van der Waals surface area contributed by atoms with Crippen LogP contribution in [0.25, 0.3) is 10.8 Å². The summed E-state index contributed by atoms with van der Waals surface area (Å²) in [6.07, 6.45) is 1.06. The van der Waals surface area contributed by atoms with Gasteiger partial charge in [0.05, 0.1) is 0 Å². The third-order valence-electron chi connectivity index (χ3n) is 3.54. The van der Waals surface area contributed by atoms with Gasteiger partial charge in [-0.25, -0.2) is 0 Å². The number of benzene rings is 2. The molecule has 1 atom stereocenters. The molecule has 2 aromatic carbocycles. The number of ether oxygens (including phenoxy) is 1. The Bertz CT molecular complexity index is 700. The number of hydrogen-bond donors (Lipinski definition) is 1. The van der Waals surface area contributed by atoms with E-state index in [2.05, 4.69) is 65.3 Å². The van der Waals surface area contributed by atoms with Gasteiger partial charge >= 0.3 is 17.4 Å². The number of hydrogen-bond acceptors (Lipinski definition) is 3. The molecule has 0 saturated heterocycles. The third-order valence-corrected chi connectivity index (χ3v) is 4.50. The standard InChI is InChI=1S/C18H19NOS.Al.ClH/c1-19-12-11-17(18-10-5-13-21-18)20-16-9-4-7-14-6-2-3-8-15(14)16;;/h2-10,13,17,19H,11-12H2,1H3;;1H/q;+3;/p-1/t17-;;/m0../s1. The van der Waals surface area contributed by atoms with E-state index in [1.54, 1.807) is 11.3 Å². The summed E-state index contributed by atoms with van der Waals surface area (Å²) in [5, 5.41) is 7.70. The summed E-state index contributed by atoms with van der Waals surface area (Å²) in [6.45, 7) is 0.938. The van der Waals surface area contributed by atoms with Crippen LogP contribution in [0.15, 0.2) is 60.0 Å². The summed E-state index contributed by atoms with van der Waals surface area (Å²) in [5.74, 6) is 0.961. The molecule has 1 aromatic heterocycles. The topological polar surface area (TPSA) is 21.3 Å². The molecule has 0 bridgehead atoms. The quantitative estimate of drug-likeness (QED) is 0.669. The van der Waals surface area contributed by atoms with Crippen LogP contribution in [0.5, 0.6) is 5.75 Å². The van der Waals surface area contributed by atoms with Crippen molar-refractivity contribution < 1.29 is 17.1 Å². The van der Waals surface area contributed by atoms with Crippen molar-refractivity contribution in [3.05, 3.63) is 64.9 Å². The molecule has 23 heavy (non-hydrogen) atoms. The molecule has 116 valence electrons. The Hall–Kier alpha value is -1.02. The van der Waals surface area contributed by atoms with Gasteiger partial charge in [-0.2, -0.15) is 0 Å². The van der Waals surface area contributed by atoms with Gasteiger partial charge in [-0.3, -0.25) is 0 Å². The van der Waals surface area contributed by atoms with Gasteiger partial charge in [0, 0.05) is 16.7 Å². The van der Waals surface area contributed by atoms with Crippen molar-refractivity contribution >= 4 is 39.5 Å². The smallest absolute Gasteiger partial charge is 1.00 e.